The summed E-state index contributed by atoms with van der Waals surface area (Å²) >= 11 is 0. The minimum atomic E-state index is -1.08. The van der Waals surface area contributed by atoms with Gasteiger partial charge < -0.3 is 9.47 Å². The van der Waals surface area contributed by atoms with E-state index in [0.29, 0.717) is 25.6 Å². The molecule has 2 saturated carbocycles. The van der Waals surface area contributed by atoms with Gasteiger partial charge in [0.25, 0.3) is 0 Å². The van der Waals surface area contributed by atoms with E-state index in [-0.39, 0.29) is 17.4 Å². The van der Waals surface area contributed by atoms with Crippen LogP contribution in [0.2, 0.25) is 0 Å². The van der Waals surface area contributed by atoms with Crippen LogP contribution in [0.15, 0.2) is 0 Å². The first kappa shape index (κ1) is 15.3. The van der Waals surface area contributed by atoms with Gasteiger partial charge in [0.2, 0.25) is 0 Å². The molecule has 0 amide bonds. The number of carbonyl (C=O) groups is 2. The molecular formula is C16H26O4. The Morgan fingerprint density at radius 1 is 1.00 bits per heavy atom. The second-order valence-corrected chi connectivity index (χ2v) is 6.25. The molecule has 0 radical (unpaired) electrons. The van der Waals surface area contributed by atoms with Gasteiger partial charge in [0.1, 0.15) is 0 Å². The number of esters is 2. The van der Waals surface area contributed by atoms with Crippen LogP contribution < -0.4 is 0 Å². The van der Waals surface area contributed by atoms with E-state index in [1.807, 2.05) is 0 Å². The first-order valence-electron chi connectivity index (χ1n) is 7.87. The molecule has 0 aromatic rings. The molecule has 2 aliphatic carbocycles. The first-order valence-corrected chi connectivity index (χ1v) is 7.87. The maximum Gasteiger partial charge on any atom is 0.324 e. The van der Waals surface area contributed by atoms with Crippen molar-refractivity contribution in [2.45, 2.75) is 59.3 Å². The molecular weight excluding hydrogens is 256 g/mol. The van der Waals surface area contributed by atoms with Gasteiger partial charge in [-0.3, -0.25) is 9.59 Å². The van der Waals surface area contributed by atoms with Gasteiger partial charge >= 0.3 is 11.9 Å². The third-order valence-corrected chi connectivity index (χ3v) is 5.49. The summed E-state index contributed by atoms with van der Waals surface area (Å²) in [6, 6.07) is 0. The zero-order valence-corrected chi connectivity index (χ0v) is 12.9. The van der Waals surface area contributed by atoms with Crippen LogP contribution >= 0.6 is 0 Å². The summed E-state index contributed by atoms with van der Waals surface area (Å²) in [6.45, 7) is 6.28. The molecule has 2 aliphatic rings. The molecule has 2 rings (SSSR count). The maximum absolute atomic E-state index is 12.6. The highest BCUT2D eigenvalue weighted by Gasteiger charge is 2.67. The minimum Gasteiger partial charge on any atom is -0.465 e. The van der Waals surface area contributed by atoms with Crippen molar-refractivity contribution in [1.82, 2.24) is 0 Å². The molecule has 0 heterocycles. The van der Waals surface area contributed by atoms with Crippen LogP contribution in [0.5, 0.6) is 0 Å². The molecule has 2 atom stereocenters. The van der Waals surface area contributed by atoms with Crippen molar-refractivity contribution in [2.75, 3.05) is 13.2 Å². The third-order valence-electron chi connectivity index (χ3n) is 5.49. The summed E-state index contributed by atoms with van der Waals surface area (Å²) in [5.74, 6) is -0.305. The molecule has 0 spiro atoms. The van der Waals surface area contributed by atoms with E-state index in [9.17, 15) is 9.59 Å². The van der Waals surface area contributed by atoms with E-state index in [4.69, 9.17) is 9.47 Å². The van der Waals surface area contributed by atoms with Gasteiger partial charge in [-0.2, -0.15) is 0 Å². The van der Waals surface area contributed by atoms with E-state index in [2.05, 4.69) is 6.92 Å². The number of ether oxygens (including phenoxy) is 2. The predicted molar refractivity (Wildman–Crippen MR) is 75.0 cm³/mol. The predicted octanol–water partition coefficient (Wildman–Crippen LogP) is 3.09. The Morgan fingerprint density at radius 2 is 1.60 bits per heavy atom. The van der Waals surface area contributed by atoms with Crippen molar-refractivity contribution >= 4 is 11.9 Å². The molecule has 0 aliphatic heterocycles. The summed E-state index contributed by atoms with van der Waals surface area (Å²) in [6.07, 6.45) is 5.79. The lowest BCUT2D eigenvalue weighted by molar-refractivity contribution is -0.183. The fourth-order valence-corrected chi connectivity index (χ4v) is 4.37. The lowest BCUT2D eigenvalue weighted by Crippen LogP contribution is -2.53. The lowest BCUT2D eigenvalue weighted by atomic mass is 9.58. The smallest absolute Gasteiger partial charge is 0.324 e. The molecule has 20 heavy (non-hydrogen) atoms. The zero-order chi connectivity index (χ0) is 14.8. The Bertz CT molecular complexity index is 372. The molecule has 0 N–H and O–H groups in total. The Labute approximate surface area is 121 Å². The average molecular weight is 282 g/mol. The van der Waals surface area contributed by atoms with Gasteiger partial charge in [0.05, 0.1) is 13.2 Å². The Kier molecular flexibility index (Phi) is 4.40. The Hall–Kier alpha value is -1.06. The van der Waals surface area contributed by atoms with Crippen molar-refractivity contribution in [3.05, 3.63) is 0 Å². The topological polar surface area (TPSA) is 52.6 Å². The molecule has 114 valence electrons. The second kappa shape index (κ2) is 5.74. The Balaban J connectivity index is 2.41. The number of hydrogen-bond donors (Lipinski definition) is 0. The summed E-state index contributed by atoms with van der Waals surface area (Å²) in [4.78, 5) is 25.2. The van der Waals surface area contributed by atoms with Crippen LogP contribution in [0.1, 0.15) is 59.3 Å². The van der Waals surface area contributed by atoms with Gasteiger partial charge in [-0.15, -0.1) is 0 Å². The highest BCUT2D eigenvalue weighted by Crippen LogP contribution is 2.63. The quantitative estimate of drug-likeness (QED) is 0.587. The molecule has 0 saturated heterocycles. The van der Waals surface area contributed by atoms with E-state index in [1.54, 1.807) is 13.8 Å². The molecule has 4 heteroatoms. The van der Waals surface area contributed by atoms with Crippen molar-refractivity contribution in [1.29, 1.82) is 0 Å². The van der Waals surface area contributed by atoms with Gasteiger partial charge in [-0.25, -0.2) is 0 Å². The molecule has 0 aromatic heterocycles. The van der Waals surface area contributed by atoms with E-state index < -0.39 is 5.41 Å². The molecule has 0 aromatic carbocycles. The van der Waals surface area contributed by atoms with Crippen LogP contribution in [-0.2, 0) is 19.1 Å². The van der Waals surface area contributed by atoms with Crippen molar-refractivity contribution < 1.29 is 19.1 Å². The first-order chi connectivity index (χ1) is 9.53. The molecule has 0 unspecified atom stereocenters. The van der Waals surface area contributed by atoms with Crippen molar-refractivity contribution in [3.63, 3.8) is 0 Å². The van der Waals surface area contributed by atoms with Crippen LogP contribution in [0.3, 0.4) is 0 Å². The van der Waals surface area contributed by atoms with Crippen LogP contribution in [0.4, 0.5) is 0 Å². The summed E-state index contributed by atoms with van der Waals surface area (Å²) in [5.41, 5.74) is -1.38. The SMILES string of the molecule is CCOC(=O)C1(C(=O)OCC)CC[C@@H]2CCCC[C@@]21C. The molecule has 0 bridgehead atoms. The van der Waals surface area contributed by atoms with Crippen molar-refractivity contribution in [3.8, 4) is 0 Å². The van der Waals surface area contributed by atoms with E-state index in [0.717, 1.165) is 25.7 Å². The lowest BCUT2D eigenvalue weighted by Gasteiger charge is -2.45. The monoisotopic (exact) mass is 282 g/mol. The maximum atomic E-state index is 12.6. The summed E-state index contributed by atoms with van der Waals surface area (Å²) in [5, 5.41) is 0. The Morgan fingerprint density at radius 3 is 2.15 bits per heavy atom. The molecule has 4 nitrogen and oxygen atoms in total. The standard InChI is InChI=1S/C16H26O4/c1-4-19-13(17)16(14(18)20-5-2)11-9-12-8-6-7-10-15(12,16)3/h12H,4-11H2,1-3H3/t12-,15-/m0/s1. The van der Waals surface area contributed by atoms with Crippen LogP contribution in [0, 0.1) is 16.7 Å². The number of rotatable bonds is 4. The fraction of sp³-hybridized carbons (Fsp3) is 0.875. The van der Waals surface area contributed by atoms with Crippen LogP contribution in [0.25, 0.3) is 0 Å². The number of hydrogen-bond acceptors (Lipinski definition) is 4. The van der Waals surface area contributed by atoms with Gasteiger partial charge in [0.15, 0.2) is 5.41 Å². The van der Waals surface area contributed by atoms with Gasteiger partial charge in [-0.05, 0) is 50.9 Å². The van der Waals surface area contributed by atoms with Crippen molar-refractivity contribution in [2.24, 2.45) is 16.7 Å². The fourth-order valence-electron chi connectivity index (χ4n) is 4.37. The van der Waals surface area contributed by atoms with E-state index in [1.165, 1.54) is 6.42 Å². The minimum absolute atomic E-state index is 0.302. The zero-order valence-electron chi connectivity index (χ0n) is 12.9. The number of fused-ring (bicyclic) bond motifs is 1. The summed E-state index contributed by atoms with van der Waals surface area (Å²) in [7, 11) is 0. The van der Waals surface area contributed by atoms with Gasteiger partial charge in [-0.1, -0.05) is 19.8 Å². The highest BCUT2D eigenvalue weighted by atomic mass is 16.6. The largest absolute Gasteiger partial charge is 0.465 e. The highest BCUT2D eigenvalue weighted by molar-refractivity contribution is 6.01. The second-order valence-electron chi connectivity index (χ2n) is 6.25. The normalized spacial score (nSPS) is 31.4. The third kappa shape index (κ3) is 2.04. The number of carbonyl (C=O) groups excluding carboxylic acids is 2. The van der Waals surface area contributed by atoms with Crippen LogP contribution in [-0.4, -0.2) is 25.2 Å². The molecule has 2 fully saturated rings. The average Bonchev–Trinajstić information content (AvgIpc) is 2.73. The van der Waals surface area contributed by atoms with Gasteiger partial charge in [0, 0.05) is 0 Å². The summed E-state index contributed by atoms with van der Waals surface area (Å²) < 4.78 is 10.5. The van der Waals surface area contributed by atoms with E-state index >= 15 is 0 Å².